The number of benzene rings is 1. The molecule has 1 N–H and O–H groups in total. The minimum absolute atomic E-state index is 0.131. The summed E-state index contributed by atoms with van der Waals surface area (Å²) in [6, 6.07) is 3.93. The van der Waals surface area contributed by atoms with Gasteiger partial charge in [0, 0.05) is 17.2 Å². The number of aryl methyl sites for hydroxylation is 3. The van der Waals surface area contributed by atoms with Crippen LogP contribution in [0.25, 0.3) is 0 Å². The molecule has 94 valence electrons. The number of allylic oxidation sites excluding steroid dienone is 1. The van der Waals surface area contributed by atoms with Crippen LogP contribution in [0, 0.1) is 13.8 Å². The van der Waals surface area contributed by atoms with E-state index in [-0.39, 0.29) is 5.78 Å². The minimum Gasteiger partial charge on any atom is -0.478 e. The molecule has 1 aliphatic carbocycles. The van der Waals surface area contributed by atoms with Gasteiger partial charge in [-0.15, -0.1) is 0 Å². The Morgan fingerprint density at radius 2 is 1.89 bits per heavy atom. The number of carbonyl (C=O) groups excluding carboxylic acids is 1. The Bertz CT molecular complexity index is 553. The lowest BCUT2D eigenvalue weighted by Gasteiger charge is -2.09. The molecule has 2 rings (SSSR count). The highest BCUT2D eigenvalue weighted by molar-refractivity contribution is 6.12. The van der Waals surface area contributed by atoms with Crippen molar-refractivity contribution in [2.24, 2.45) is 0 Å². The van der Waals surface area contributed by atoms with E-state index < -0.39 is 5.97 Å². The SMILES string of the molecule is Cc1cc2c(cc1C)C(=O)/C(=C\C(=O)O)CCC2. The molecule has 0 heterocycles. The Kier molecular flexibility index (Phi) is 3.32. The molecule has 0 spiro atoms. The lowest BCUT2D eigenvalue weighted by atomic mass is 9.95. The normalized spacial score (nSPS) is 17.4. The first-order valence-electron chi connectivity index (χ1n) is 6.07. The summed E-state index contributed by atoms with van der Waals surface area (Å²) in [7, 11) is 0. The fourth-order valence-electron chi connectivity index (χ4n) is 2.34. The zero-order valence-electron chi connectivity index (χ0n) is 10.6. The largest absolute Gasteiger partial charge is 0.478 e. The van der Waals surface area contributed by atoms with Crippen molar-refractivity contribution in [2.75, 3.05) is 0 Å². The topological polar surface area (TPSA) is 54.4 Å². The average Bonchev–Trinajstić information content (AvgIpc) is 2.42. The van der Waals surface area contributed by atoms with E-state index in [0.29, 0.717) is 17.6 Å². The molecule has 0 amide bonds. The second-order valence-electron chi connectivity index (χ2n) is 4.78. The standard InChI is InChI=1S/C15H16O3/c1-9-6-11-4-3-5-12(8-14(16)17)15(18)13(11)7-10(9)2/h6-8H,3-5H2,1-2H3,(H,16,17)/b12-8-. The van der Waals surface area contributed by atoms with E-state index in [1.54, 1.807) is 0 Å². The van der Waals surface area contributed by atoms with Crippen LogP contribution in [0.2, 0.25) is 0 Å². The molecule has 0 radical (unpaired) electrons. The van der Waals surface area contributed by atoms with Crippen molar-refractivity contribution >= 4 is 11.8 Å². The van der Waals surface area contributed by atoms with E-state index in [1.165, 1.54) is 5.56 Å². The molecule has 0 bridgehead atoms. The Morgan fingerprint density at radius 3 is 2.56 bits per heavy atom. The van der Waals surface area contributed by atoms with Crippen LogP contribution in [0.1, 0.15) is 39.9 Å². The van der Waals surface area contributed by atoms with Gasteiger partial charge in [-0.05, 0) is 55.9 Å². The van der Waals surface area contributed by atoms with Crippen LogP contribution in [0.15, 0.2) is 23.8 Å². The van der Waals surface area contributed by atoms with Crippen LogP contribution in [0.4, 0.5) is 0 Å². The first-order valence-corrected chi connectivity index (χ1v) is 6.07. The maximum absolute atomic E-state index is 12.3. The highest BCUT2D eigenvalue weighted by Gasteiger charge is 2.21. The Hall–Kier alpha value is -1.90. The van der Waals surface area contributed by atoms with E-state index in [9.17, 15) is 9.59 Å². The zero-order valence-corrected chi connectivity index (χ0v) is 10.6. The molecule has 3 heteroatoms. The summed E-state index contributed by atoms with van der Waals surface area (Å²) >= 11 is 0. The van der Waals surface area contributed by atoms with Crippen LogP contribution in [-0.2, 0) is 11.2 Å². The number of aliphatic carboxylic acids is 1. The van der Waals surface area contributed by atoms with E-state index in [1.807, 2.05) is 26.0 Å². The van der Waals surface area contributed by atoms with Crippen LogP contribution in [0.5, 0.6) is 0 Å². The number of hydrogen-bond acceptors (Lipinski definition) is 2. The van der Waals surface area contributed by atoms with Gasteiger partial charge in [0.05, 0.1) is 0 Å². The monoisotopic (exact) mass is 244 g/mol. The smallest absolute Gasteiger partial charge is 0.328 e. The van der Waals surface area contributed by atoms with Crippen molar-refractivity contribution in [3.05, 3.63) is 46.0 Å². The Balaban J connectivity index is 2.53. The maximum Gasteiger partial charge on any atom is 0.328 e. The van der Waals surface area contributed by atoms with Crippen molar-refractivity contribution < 1.29 is 14.7 Å². The molecule has 3 nitrogen and oxygen atoms in total. The van der Waals surface area contributed by atoms with Gasteiger partial charge in [0.25, 0.3) is 0 Å². The number of carboxylic acids is 1. The van der Waals surface area contributed by atoms with Crippen LogP contribution in [-0.4, -0.2) is 16.9 Å². The molecule has 0 aliphatic heterocycles. The van der Waals surface area contributed by atoms with Gasteiger partial charge >= 0.3 is 5.97 Å². The fraction of sp³-hybridized carbons (Fsp3) is 0.333. The van der Waals surface area contributed by atoms with Gasteiger partial charge in [-0.2, -0.15) is 0 Å². The number of hydrogen-bond donors (Lipinski definition) is 1. The molecule has 0 unspecified atom stereocenters. The second kappa shape index (κ2) is 4.77. The Morgan fingerprint density at radius 1 is 1.22 bits per heavy atom. The summed E-state index contributed by atoms with van der Waals surface area (Å²) in [4.78, 5) is 23.0. The molecular weight excluding hydrogens is 228 g/mol. The number of fused-ring (bicyclic) bond motifs is 1. The molecule has 1 aliphatic rings. The number of Topliss-reactive ketones (excluding diaryl/α,β-unsaturated/α-hetero) is 1. The fourth-order valence-corrected chi connectivity index (χ4v) is 2.34. The van der Waals surface area contributed by atoms with E-state index in [4.69, 9.17) is 5.11 Å². The molecule has 1 aromatic carbocycles. The molecule has 1 aromatic rings. The third-order valence-electron chi connectivity index (χ3n) is 3.45. The zero-order chi connectivity index (χ0) is 13.3. The summed E-state index contributed by atoms with van der Waals surface area (Å²) < 4.78 is 0. The van der Waals surface area contributed by atoms with E-state index in [2.05, 4.69) is 0 Å². The van der Waals surface area contributed by atoms with Gasteiger partial charge < -0.3 is 5.11 Å². The highest BCUT2D eigenvalue weighted by Crippen LogP contribution is 2.26. The third-order valence-corrected chi connectivity index (χ3v) is 3.45. The van der Waals surface area contributed by atoms with Crippen molar-refractivity contribution in [3.8, 4) is 0 Å². The van der Waals surface area contributed by atoms with Gasteiger partial charge in [0.2, 0.25) is 0 Å². The molecular formula is C15H16O3. The number of rotatable bonds is 1. The van der Waals surface area contributed by atoms with Crippen molar-refractivity contribution in [2.45, 2.75) is 33.1 Å². The lowest BCUT2D eigenvalue weighted by molar-refractivity contribution is -0.131. The van der Waals surface area contributed by atoms with E-state index in [0.717, 1.165) is 30.0 Å². The molecule has 0 fully saturated rings. The number of carboxylic acid groups (broad SMARTS) is 1. The summed E-state index contributed by atoms with van der Waals surface area (Å²) in [6.07, 6.45) is 3.24. The number of ketones is 1. The minimum atomic E-state index is -1.05. The van der Waals surface area contributed by atoms with Crippen LogP contribution >= 0.6 is 0 Å². The Labute approximate surface area is 106 Å². The van der Waals surface area contributed by atoms with Crippen molar-refractivity contribution in [3.63, 3.8) is 0 Å². The van der Waals surface area contributed by atoms with Gasteiger partial charge in [0.15, 0.2) is 5.78 Å². The third kappa shape index (κ3) is 2.35. The first kappa shape index (κ1) is 12.6. The predicted octanol–water partition coefficient (Wildman–Crippen LogP) is 2.83. The summed E-state index contributed by atoms with van der Waals surface area (Å²) in [5.41, 5.74) is 4.36. The second-order valence-corrected chi connectivity index (χ2v) is 4.78. The van der Waals surface area contributed by atoms with Gasteiger partial charge in [-0.1, -0.05) is 6.07 Å². The highest BCUT2D eigenvalue weighted by atomic mass is 16.4. The summed E-state index contributed by atoms with van der Waals surface area (Å²) in [5.74, 6) is -1.18. The van der Waals surface area contributed by atoms with Gasteiger partial charge in [-0.3, -0.25) is 4.79 Å². The first-order chi connectivity index (χ1) is 8.49. The molecule has 0 atom stereocenters. The summed E-state index contributed by atoms with van der Waals surface area (Å²) in [5, 5.41) is 8.79. The molecule has 0 saturated carbocycles. The number of carbonyl (C=O) groups is 2. The quantitative estimate of drug-likeness (QED) is 0.610. The predicted molar refractivity (Wildman–Crippen MR) is 68.9 cm³/mol. The lowest BCUT2D eigenvalue weighted by Crippen LogP contribution is -2.06. The van der Waals surface area contributed by atoms with Gasteiger partial charge in [0.1, 0.15) is 0 Å². The van der Waals surface area contributed by atoms with E-state index >= 15 is 0 Å². The van der Waals surface area contributed by atoms with Crippen molar-refractivity contribution in [1.29, 1.82) is 0 Å². The van der Waals surface area contributed by atoms with Gasteiger partial charge in [-0.25, -0.2) is 4.79 Å². The van der Waals surface area contributed by atoms with Crippen LogP contribution in [0.3, 0.4) is 0 Å². The average molecular weight is 244 g/mol. The van der Waals surface area contributed by atoms with Crippen molar-refractivity contribution in [1.82, 2.24) is 0 Å². The maximum atomic E-state index is 12.3. The van der Waals surface area contributed by atoms with Crippen LogP contribution < -0.4 is 0 Å². The summed E-state index contributed by atoms with van der Waals surface area (Å²) in [6.45, 7) is 3.99. The molecule has 18 heavy (non-hydrogen) atoms. The molecule has 0 aromatic heterocycles. The molecule has 0 saturated heterocycles.